The minimum absolute atomic E-state index is 0.0103. The number of rotatable bonds is 10. The summed E-state index contributed by atoms with van der Waals surface area (Å²) in [6, 6.07) is 0. The zero-order chi connectivity index (χ0) is 14.5. The van der Waals surface area contributed by atoms with E-state index in [0.29, 0.717) is 12.3 Å². The van der Waals surface area contributed by atoms with Crippen LogP contribution in [0.3, 0.4) is 0 Å². The standard InChI is InChI=1S/C15H28N2O2/c1-4-14(18)16-11-7-5-6-8-12-17-15(19)10-9-13(2)3/h9-10,13H,4-8,11-12H2,1-3H3,(H,16,18)(H,17,19)/b10-9+. The van der Waals surface area contributed by atoms with Gasteiger partial charge in [0.05, 0.1) is 0 Å². The molecule has 0 radical (unpaired) electrons. The second-order valence-electron chi connectivity index (χ2n) is 5.01. The third-order valence-corrected chi connectivity index (χ3v) is 2.68. The first-order valence-electron chi connectivity index (χ1n) is 7.29. The summed E-state index contributed by atoms with van der Waals surface area (Å²) in [6.07, 6.45) is 8.21. The van der Waals surface area contributed by atoms with Gasteiger partial charge in [0.25, 0.3) is 0 Å². The average Bonchev–Trinajstić information content (AvgIpc) is 2.38. The molecule has 0 bridgehead atoms. The summed E-state index contributed by atoms with van der Waals surface area (Å²) in [5.41, 5.74) is 0. The molecule has 0 aromatic carbocycles. The van der Waals surface area contributed by atoms with E-state index in [1.54, 1.807) is 6.08 Å². The highest BCUT2D eigenvalue weighted by atomic mass is 16.2. The van der Waals surface area contributed by atoms with Crippen LogP contribution < -0.4 is 10.6 Å². The molecule has 2 amide bonds. The number of carbonyl (C=O) groups is 2. The van der Waals surface area contributed by atoms with Gasteiger partial charge < -0.3 is 10.6 Å². The molecular weight excluding hydrogens is 240 g/mol. The van der Waals surface area contributed by atoms with Crippen molar-refractivity contribution in [2.75, 3.05) is 13.1 Å². The first-order valence-corrected chi connectivity index (χ1v) is 7.29. The number of amides is 2. The van der Waals surface area contributed by atoms with E-state index in [9.17, 15) is 9.59 Å². The molecule has 0 aromatic rings. The van der Waals surface area contributed by atoms with Crippen molar-refractivity contribution >= 4 is 11.8 Å². The molecule has 0 aliphatic rings. The maximum absolute atomic E-state index is 11.3. The first-order chi connectivity index (χ1) is 9.06. The average molecular weight is 268 g/mol. The van der Waals surface area contributed by atoms with Gasteiger partial charge in [0, 0.05) is 19.5 Å². The molecule has 0 saturated heterocycles. The summed E-state index contributed by atoms with van der Waals surface area (Å²) in [4.78, 5) is 22.3. The minimum Gasteiger partial charge on any atom is -0.356 e. The van der Waals surface area contributed by atoms with Gasteiger partial charge in [-0.1, -0.05) is 39.7 Å². The van der Waals surface area contributed by atoms with E-state index in [4.69, 9.17) is 0 Å². The molecule has 110 valence electrons. The molecular formula is C15H28N2O2. The van der Waals surface area contributed by atoms with Gasteiger partial charge in [0.2, 0.25) is 11.8 Å². The summed E-state index contributed by atoms with van der Waals surface area (Å²) in [5.74, 6) is 0.511. The van der Waals surface area contributed by atoms with E-state index in [0.717, 1.165) is 38.8 Å². The van der Waals surface area contributed by atoms with Crippen molar-refractivity contribution in [2.24, 2.45) is 5.92 Å². The molecule has 0 unspecified atom stereocenters. The predicted molar refractivity (Wildman–Crippen MR) is 78.8 cm³/mol. The molecule has 19 heavy (non-hydrogen) atoms. The Kier molecular flexibility index (Phi) is 10.9. The topological polar surface area (TPSA) is 58.2 Å². The van der Waals surface area contributed by atoms with Crippen molar-refractivity contribution in [3.05, 3.63) is 12.2 Å². The first kappa shape index (κ1) is 17.7. The summed E-state index contributed by atoms with van der Waals surface area (Å²) in [7, 11) is 0. The third-order valence-electron chi connectivity index (χ3n) is 2.68. The van der Waals surface area contributed by atoms with Gasteiger partial charge in [0.1, 0.15) is 0 Å². The number of nitrogens with one attached hydrogen (secondary N) is 2. The molecule has 2 N–H and O–H groups in total. The van der Waals surface area contributed by atoms with E-state index < -0.39 is 0 Å². The zero-order valence-electron chi connectivity index (χ0n) is 12.5. The molecule has 0 fully saturated rings. The Morgan fingerprint density at radius 3 is 2.11 bits per heavy atom. The van der Waals surface area contributed by atoms with Gasteiger partial charge in [-0.3, -0.25) is 9.59 Å². The van der Waals surface area contributed by atoms with Crippen molar-refractivity contribution in [3.8, 4) is 0 Å². The third kappa shape index (κ3) is 12.9. The van der Waals surface area contributed by atoms with Crippen LogP contribution in [0.5, 0.6) is 0 Å². The predicted octanol–water partition coefficient (Wildman–Crippen LogP) is 2.40. The van der Waals surface area contributed by atoms with Crippen LogP contribution in [0, 0.1) is 5.92 Å². The Bertz CT molecular complexity index is 286. The van der Waals surface area contributed by atoms with Crippen LogP contribution in [0.2, 0.25) is 0 Å². The van der Waals surface area contributed by atoms with Crippen LogP contribution in [-0.4, -0.2) is 24.9 Å². The largest absolute Gasteiger partial charge is 0.356 e. The van der Waals surface area contributed by atoms with Crippen molar-refractivity contribution in [1.29, 1.82) is 0 Å². The highest BCUT2D eigenvalue weighted by Gasteiger charge is 1.97. The lowest BCUT2D eigenvalue weighted by Gasteiger charge is -2.04. The monoisotopic (exact) mass is 268 g/mol. The fourth-order valence-corrected chi connectivity index (χ4v) is 1.51. The number of unbranched alkanes of at least 4 members (excludes halogenated alkanes) is 3. The summed E-state index contributed by atoms with van der Waals surface area (Å²) >= 11 is 0. The molecule has 0 aliphatic heterocycles. The van der Waals surface area contributed by atoms with Gasteiger partial charge in [-0.05, 0) is 24.8 Å². The van der Waals surface area contributed by atoms with Crippen LogP contribution in [-0.2, 0) is 9.59 Å². The minimum atomic E-state index is -0.0103. The van der Waals surface area contributed by atoms with E-state index in [-0.39, 0.29) is 11.8 Å². The van der Waals surface area contributed by atoms with Crippen molar-refractivity contribution in [1.82, 2.24) is 10.6 Å². The summed E-state index contributed by atoms with van der Waals surface area (Å²) < 4.78 is 0. The number of allylic oxidation sites excluding steroid dienone is 1. The lowest BCUT2D eigenvalue weighted by atomic mass is 10.2. The van der Waals surface area contributed by atoms with Gasteiger partial charge in [0.15, 0.2) is 0 Å². The van der Waals surface area contributed by atoms with Crippen LogP contribution in [0.4, 0.5) is 0 Å². The van der Waals surface area contributed by atoms with Crippen molar-refractivity contribution < 1.29 is 9.59 Å². The van der Waals surface area contributed by atoms with E-state index in [1.807, 2.05) is 26.8 Å². The second-order valence-corrected chi connectivity index (χ2v) is 5.01. The Hall–Kier alpha value is -1.32. The van der Waals surface area contributed by atoms with Crippen molar-refractivity contribution in [2.45, 2.75) is 52.9 Å². The van der Waals surface area contributed by atoms with Gasteiger partial charge in [-0.25, -0.2) is 0 Å². The number of carbonyl (C=O) groups excluding carboxylic acids is 2. The lowest BCUT2D eigenvalue weighted by Crippen LogP contribution is -2.23. The molecule has 0 spiro atoms. The van der Waals surface area contributed by atoms with Crippen LogP contribution in [0.1, 0.15) is 52.9 Å². The smallest absolute Gasteiger partial charge is 0.243 e. The molecule has 0 aromatic heterocycles. The van der Waals surface area contributed by atoms with E-state index >= 15 is 0 Å². The summed E-state index contributed by atoms with van der Waals surface area (Å²) in [5, 5.41) is 5.71. The fraction of sp³-hybridized carbons (Fsp3) is 0.733. The second kappa shape index (κ2) is 11.8. The van der Waals surface area contributed by atoms with Gasteiger partial charge in [-0.15, -0.1) is 0 Å². The maximum Gasteiger partial charge on any atom is 0.243 e. The number of hydrogen-bond acceptors (Lipinski definition) is 2. The van der Waals surface area contributed by atoms with Crippen LogP contribution in [0.15, 0.2) is 12.2 Å². The van der Waals surface area contributed by atoms with E-state index in [2.05, 4.69) is 10.6 Å². The molecule has 0 aliphatic carbocycles. The van der Waals surface area contributed by atoms with Crippen LogP contribution >= 0.6 is 0 Å². The fourth-order valence-electron chi connectivity index (χ4n) is 1.51. The van der Waals surface area contributed by atoms with Gasteiger partial charge in [-0.2, -0.15) is 0 Å². The quantitative estimate of drug-likeness (QED) is 0.472. The molecule has 0 saturated carbocycles. The molecule has 4 heteroatoms. The van der Waals surface area contributed by atoms with Gasteiger partial charge >= 0.3 is 0 Å². The number of hydrogen-bond donors (Lipinski definition) is 2. The Labute approximate surface area is 117 Å². The Morgan fingerprint density at radius 2 is 1.58 bits per heavy atom. The Balaban J connectivity index is 3.31. The van der Waals surface area contributed by atoms with Crippen molar-refractivity contribution in [3.63, 3.8) is 0 Å². The molecule has 4 nitrogen and oxygen atoms in total. The Morgan fingerprint density at radius 1 is 1.00 bits per heavy atom. The summed E-state index contributed by atoms with van der Waals surface area (Å²) in [6.45, 7) is 7.42. The highest BCUT2D eigenvalue weighted by molar-refractivity contribution is 5.87. The normalized spacial score (nSPS) is 10.9. The van der Waals surface area contributed by atoms with E-state index in [1.165, 1.54) is 0 Å². The van der Waals surface area contributed by atoms with Crippen LogP contribution in [0.25, 0.3) is 0 Å². The molecule has 0 rings (SSSR count). The molecule has 0 heterocycles. The SMILES string of the molecule is CCC(=O)NCCCCCCNC(=O)/C=C/C(C)C. The molecule has 0 atom stereocenters. The zero-order valence-corrected chi connectivity index (χ0v) is 12.5. The lowest BCUT2D eigenvalue weighted by molar-refractivity contribution is -0.120. The highest BCUT2D eigenvalue weighted by Crippen LogP contribution is 1.98. The maximum atomic E-state index is 11.3.